The van der Waals surface area contributed by atoms with E-state index in [0.29, 0.717) is 0 Å². The maximum atomic E-state index is 2.73. The minimum Gasteiger partial charge on any atom is -0.309 e. The van der Waals surface area contributed by atoms with E-state index >= 15 is 0 Å². The first-order valence-electron chi connectivity index (χ1n) is 9.04. The van der Waals surface area contributed by atoms with Gasteiger partial charge in [-0.05, 0) is 89.6 Å². The van der Waals surface area contributed by atoms with E-state index in [1.807, 2.05) is 0 Å². The van der Waals surface area contributed by atoms with E-state index in [4.69, 9.17) is 0 Å². The van der Waals surface area contributed by atoms with Crippen LogP contribution in [0, 0.1) is 17.3 Å². The predicted molar refractivity (Wildman–Crippen MR) is 86.0 cm³/mol. The Morgan fingerprint density at radius 3 is 2.15 bits per heavy atom. The summed E-state index contributed by atoms with van der Waals surface area (Å²) in [5, 5.41) is 0. The third-order valence-electron chi connectivity index (χ3n) is 6.45. The highest BCUT2D eigenvalue weighted by atomic mass is 15.1. The number of hydrogen-bond donors (Lipinski definition) is 0. The minimum absolute atomic E-state index is 0.776. The van der Waals surface area contributed by atoms with Gasteiger partial charge in [-0.15, -0.1) is 0 Å². The average molecular weight is 278 g/mol. The quantitative estimate of drug-likeness (QED) is 0.775. The SMILES string of the molecule is CN(C)CCCN1CCC2(CC1)C[C@H]1CCCC[C@H]1C2. The highest BCUT2D eigenvalue weighted by Crippen LogP contribution is 2.55. The zero-order valence-corrected chi connectivity index (χ0v) is 13.7. The third-order valence-corrected chi connectivity index (χ3v) is 6.45. The summed E-state index contributed by atoms with van der Waals surface area (Å²) in [6, 6.07) is 0. The molecular formula is C18H34N2. The smallest absolute Gasteiger partial charge is 0.000654 e. The van der Waals surface area contributed by atoms with E-state index in [1.165, 1.54) is 58.3 Å². The van der Waals surface area contributed by atoms with Gasteiger partial charge in [-0.3, -0.25) is 0 Å². The van der Waals surface area contributed by atoms with Crippen LogP contribution < -0.4 is 0 Å². The first-order chi connectivity index (χ1) is 9.67. The zero-order chi connectivity index (χ0) is 14.0. The summed E-state index contributed by atoms with van der Waals surface area (Å²) in [7, 11) is 4.37. The van der Waals surface area contributed by atoms with Gasteiger partial charge in [0.2, 0.25) is 0 Å². The second kappa shape index (κ2) is 6.36. The van der Waals surface area contributed by atoms with Crippen molar-refractivity contribution in [3.05, 3.63) is 0 Å². The molecule has 1 aliphatic heterocycles. The van der Waals surface area contributed by atoms with Crippen LogP contribution in [-0.4, -0.2) is 50.1 Å². The Morgan fingerprint density at radius 1 is 1.00 bits per heavy atom. The molecule has 1 spiro atoms. The van der Waals surface area contributed by atoms with E-state index in [9.17, 15) is 0 Å². The molecule has 0 aromatic heterocycles. The van der Waals surface area contributed by atoms with E-state index in [-0.39, 0.29) is 0 Å². The van der Waals surface area contributed by atoms with Gasteiger partial charge in [-0.2, -0.15) is 0 Å². The summed E-state index contributed by atoms with van der Waals surface area (Å²) in [4.78, 5) is 5.05. The molecule has 0 bridgehead atoms. The lowest BCUT2D eigenvalue weighted by Crippen LogP contribution is -2.40. The number of nitrogens with zero attached hydrogens (tertiary/aromatic N) is 2. The largest absolute Gasteiger partial charge is 0.309 e. The minimum atomic E-state index is 0.776. The standard InChI is InChI=1S/C18H34N2/c1-19(2)10-5-11-20-12-8-18(9-13-20)14-16-6-3-4-7-17(16)15-18/h16-17H,3-15H2,1-2H3/t16-,17+. The fourth-order valence-corrected chi connectivity index (χ4v) is 5.29. The molecule has 2 heteroatoms. The Kier molecular flexibility index (Phi) is 4.72. The molecule has 1 heterocycles. The number of rotatable bonds is 4. The first kappa shape index (κ1) is 14.8. The Bertz CT molecular complexity index is 289. The summed E-state index contributed by atoms with van der Waals surface area (Å²) in [6.07, 6.45) is 13.7. The molecule has 2 saturated carbocycles. The van der Waals surface area contributed by atoms with Crippen LogP contribution in [0.2, 0.25) is 0 Å². The number of hydrogen-bond acceptors (Lipinski definition) is 2. The lowest BCUT2D eigenvalue weighted by molar-refractivity contribution is 0.100. The van der Waals surface area contributed by atoms with Gasteiger partial charge >= 0.3 is 0 Å². The number of likely N-dealkylation sites (tertiary alicyclic amines) is 1. The van der Waals surface area contributed by atoms with Crippen molar-refractivity contribution in [2.45, 2.75) is 57.8 Å². The van der Waals surface area contributed by atoms with Crippen molar-refractivity contribution >= 4 is 0 Å². The summed E-state index contributed by atoms with van der Waals surface area (Å²) in [6.45, 7) is 5.33. The Labute approximate surface area is 125 Å². The van der Waals surface area contributed by atoms with Crippen LogP contribution in [0.1, 0.15) is 57.8 Å². The lowest BCUT2D eigenvalue weighted by Gasteiger charge is -2.40. The number of fused-ring (bicyclic) bond motifs is 1. The van der Waals surface area contributed by atoms with Crippen molar-refractivity contribution in [1.82, 2.24) is 9.80 Å². The van der Waals surface area contributed by atoms with Crippen LogP contribution in [0.15, 0.2) is 0 Å². The van der Waals surface area contributed by atoms with Crippen molar-refractivity contribution in [2.24, 2.45) is 17.3 Å². The van der Waals surface area contributed by atoms with Gasteiger partial charge in [0.05, 0.1) is 0 Å². The molecule has 2 nitrogen and oxygen atoms in total. The molecule has 3 fully saturated rings. The normalized spacial score (nSPS) is 33.8. The first-order valence-corrected chi connectivity index (χ1v) is 9.04. The molecule has 0 aromatic carbocycles. The fourth-order valence-electron chi connectivity index (χ4n) is 5.29. The molecule has 3 rings (SSSR count). The summed E-state index contributed by atoms with van der Waals surface area (Å²) in [5.74, 6) is 2.23. The van der Waals surface area contributed by atoms with Gasteiger partial charge in [0.25, 0.3) is 0 Å². The monoisotopic (exact) mass is 278 g/mol. The second-order valence-electron chi connectivity index (χ2n) is 8.21. The van der Waals surface area contributed by atoms with Crippen LogP contribution in [0.4, 0.5) is 0 Å². The summed E-state index contributed by atoms with van der Waals surface area (Å²) < 4.78 is 0. The average Bonchev–Trinajstić information content (AvgIpc) is 2.79. The molecule has 0 amide bonds. The topological polar surface area (TPSA) is 6.48 Å². The van der Waals surface area contributed by atoms with Gasteiger partial charge in [0.15, 0.2) is 0 Å². The van der Waals surface area contributed by atoms with Gasteiger partial charge in [0, 0.05) is 0 Å². The van der Waals surface area contributed by atoms with E-state index in [1.54, 1.807) is 25.7 Å². The molecule has 20 heavy (non-hydrogen) atoms. The summed E-state index contributed by atoms with van der Waals surface area (Å²) >= 11 is 0. The Balaban J connectivity index is 1.44. The molecular weight excluding hydrogens is 244 g/mol. The lowest BCUT2D eigenvalue weighted by atomic mass is 9.76. The van der Waals surface area contributed by atoms with Gasteiger partial charge in [-0.25, -0.2) is 0 Å². The van der Waals surface area contributed by atoms with Crippen LogP contribution in [-0.2, 0) is 0 Å². The van der Waals surface area contributed by atoms with Crippen LogP contribution >= 0.6 is 0 Å². The molecule has 3 aliphatic rings. The molecule has 0 unspecified atom stereocenters. The third kappa shape index (κ3) is 3.39. The van der Waals surface area contributed by atoms with Crippen LogP contribution in [0.3, 0.4) is 0 Å². The van der Waals surface area contributed by atoms with Gasteiger partial charge in [-0.1, -0.05) is 25.7 Å². The van der Waals surface area contributed by atoms with Gasteiger partial charge in [0.1, 0.15) is 0 Å². The van der Waals surface area contributed by atoms with E-state index in [2.05, 4.69) is 23.9 Å². The Hall–Kier alpha value is -0.0800. The van der Waals surface area contributed by atoms with E-state index in [0.717, 1.165) is 17.3 Å². The zero-order valence-electron chi connectivity index (χ0n) is 13.7. The highest BCUT2D eigenvalue weighted by Gasteiger charge is 2.46. The Morgan fingerprint density at radius 2 is 1.60 bits per heavy atom. The molecule has 0 N–H and O–H groups in total. The molecule has 0 radical (unpaired) electrons. The highest BCUT2D eigenvalue weighted by molar-refractivity contribution is 4.98. The summed E-state index contributed by atoms with van der Waals surface area (Å²) in [5.41, 5.74) is 0.776. The fraction of sp³-hybridized carbons (Fsp3) is 1.00. The number of piperidine rings is 1. The maximum absolute atomic E-state index is 2.73. The predicted octanol–water partition coefficient (Wildman–Crippen LogP) is 3.62. The van der Waals surface area contributed by atoms with Crippen molar-refractivity contribution in [3.8, 4) is 0 Å². The molecule has 0 aromatic rings. The van der Waals surface area contributed by atoms with Crippen molar-refractivity contribution < 1.29 is 0 Å². The van der Waals surface area contributed by atoms with E-state index < -0.39 is 0 Å². The van der Waals surface area contributed by atoms with Gasteiger partial charge < -0.3 is 9.80 Å². The van der Waals surface area contributed by atoms with Crippen molar-refractivity contribution in [1.29, 1.82) is 0 Å². The van der Waals surface area contributed by atoms with Crippen LogP contribution in [0.5, 0.6) is 0 Å². The second-order valence-corrected chi connectivity index (χ2v) is 8.21. The molecule has 1 saturated heterocycles. The maximum Gasteiger partial charge on any atom is -0.000654 e. The van der Waals surface area contributed by atoms with Crippen molar-refractivity contribution in [3.63, 3.8) is 0 Å². The van der Waals surface area contributed by atoms with Crippen molar-refractivity contribution in [2.75, 3.05) is 40.3 Å². The molecule has 2 aliphatic carbocycles. The molecule has 116 valence electrons. The van der Waals surface area contributed by atoms with Crippen LogP contribution in [0.25, 0.3) is 0 Å². The molecule has 2 atom stereocenters.